The Bertz CT molecular complexity index is 3360. The normalized spacial score (nSPS) is 8.59. The van der Waals surface area contributed by atoms with Crippen LogP contribution in [-0.4, -0.2) is 10.2 Å². The van der Waals surface area contributed by atoms with Crippen molar-refractivity contribution in [3.8, 4) is 46.0 Å². The van der Waals surface area contributed by atoms with Gasteiger partial charge in [0.25, 0.3) is 0 Å². The van der Waals surface area contributed by atoms with Crippen LogP contribution in [0.4, 0.5) is 0 Å². The third kappa shape index (κ3) is 49.9. The molecule has 2 radical (unpaired) electrons. The van der Waals surface area contributed by atoms with Crippen molar-refractivity contribution in [3.05, 3.63) is 317 Å². The van der Waals surface area contributed by atoms with Gasteiger partial charge in [-0.3, -0.25) is 9.13 Å². The average Bonchev–Trinajstić information content (AvgIpc) is 0.873. The fourth-order valence-electron chi connectivity index (χ4n) is 8.14. The largest absolute Gasteiger partial charge is 0.508 e. The van der Waals surface area contributed by atoms with E-state index in [9.17, 15) is 14.8 Å². The maximum atomic E-state index is 11.0. The van der Waals surface area contributed by atoms with Crippen molar-refractivity contribution in [2.75, 3.05) is 0 Å². The number of phenols is 2. The molecule has 0 unspecified atom stereocenters. The monoisotopic (exact) mass is 1570 g/mol. The van der Waals surface area contributed by atoms with E-state index in [0.717, 1.165) is 77.5 Å². The Labute approximate surface area is 676 Å². The molecule has 0 aliphatic heterocycles. The van der Waals surface area contributed by atoms with E-state index in [4.69, 9.17) is 18.8 Å². The molecule has 0 aliphatic carbocycles. The van der Waals surface area contributed by atoms with E-state index in [0.29, 0.717) is 5.75 Å². The van der Waals surface area contributed by atoms with E-state index in [-0.39, 0.29) is 88.1 Å². The summed E-state index contributed by atoms with van der Waals surface area (Å²) in [5.41, 5.74) is 12.1. The van der Waals surface area contributed by atoms with Gasteiger partial charge in [0.1, 0.15) is 46.0 Å². The van der Waals surface area contributed by atoms with Crippen LogP contribution in [0.15, 0.2) is 261 Å². The molecule has 7 nitrogen and oxygen atoms in total. The van der Waals surface area contributed by atoms with Gasteiger partial charge in [-0.25, -0.2) is 0 Å². The summed E-state index contributed by atoms with van der Waals surface area (Å²) >= 11 is 0. The number of rotatable bonds is 18. The molecule has 10 aromatic carbocycles. The number of ether oxygens (including phenoxy) is 3. The van der Waals surface area contributed by atoms with Gasteiger partial charge in [-0.15, -0.1) is 0 Å². The third-order valence-corrected chi connectivity index (χ3v) is 12.8. The third-order valence-electron chi connectivity index (χ3n) is 12.1. The van der Waals surface area contributed by atoms with Crippen LogP contribution < -0.4 is 19.5 Å². The molecule has 0 aromatic heterocycles. The maximum absolute atomic E-state index is 11.0. The molecule has 10 rings (SSSR count). The first-order chi connectivity index (χ1) is 49.2. The van der Waals surface area contributed by atoms with Crippen molar-refractivity contribution in [3.63, 3.8) is 0 Å². The number of aromatic hydroxyl groups is 2. The summed E-state index contributed by atoms with van der Waals surface area (Å²) in [5, 5.41) is 19.6. The van der Waals surface area contributed by atoms with Gasteiger partial charge in [-0.05, 0) is 203 Å². The average molecular weight is 1570 g/mol. The Morgan fingerprint density at radius 2 is 0.402 bits per heavy atom. The number of hydrogen-bond donors (Lipinski definition) is 2. The number of phenolic OH excluding ortho intramolecular Hbond substituents is 2. The topological polar surface area (TPSA) is 102 Å². The van der Waals surface area contributed by atoms with Gasteiger partial charge in [-0.2, -0.15) is 0 Å². The Morgan fingerprint density at radius 1 is 0.255 bits per heavy atom. The molecule has 0 fully saturated rings. The maximum Gasteiger partial charge on any atom is 0.192 e. The molecule has 0 saturated carbocycles. The minimum Gasteiger partial charge on any atom is -0.508 e. The second-order valence-electron chi connectivity index (χ2n) is 17.9. The standard InChI is InChI=1S/C39H31O4P.C26H22O2.C2H3OP.12C2H6.2Y/c40-34-13-1-28(2-14-34)25-29-3-15-35(16-4-29)42-36-17-5-30(6-18-36)26-31-7-19-37(20-8-31)43-38-21-9-32(10-22-38)27-33-11-23-39(44-41)24-12-33;27-24-12-6-21(7-13-24)19-23-10-16-26(17-11-23)28-25-14-8-22(9-15-25)18-20-4-2-1-3-5-20;1-2-4-3;12*1-2;;/h1-24,40H,25-27H2;1-17,27H,18-19H2;2H,1H2;12*1-2H3;;. The zero-order valence-corrected chi connectivity index (χ0v) is 74.4. The smallest absolute Gasteiger partial charge is 0.192 e. The first-order valence-corrected chi connectivity index (χ1v) is 38.5. The Morgan fingerprint density at radius 3 is 0.559 bits per heavy atom. The van der Waals surface area contributed by atoms with Crippen LogP contribution in [-0.2, 0) is 107 Å². The van der Waals surface area contributed by atoms with Crippen molar-refractivity contribution in [1.29, 1.82) is 0 Å². The van der Waals surface area contributed by atoms with Crippen LogP contribution in [0.1, 0.15) is 222 Å². The predicted molar refractivity (Wildman–Crippen MR) is 443 cm³/mol. The fourth-order valence-corrected chi connectivity index (χ4v) is 8.41. The molecule has 0 atom stereocenters. The summed E-state index contributed by atoms with van der Waals surface area (Å²) < 4.78 is 38.2. The molecule has 0 amide bonds. The van der Waals surface area contributed by atoms with Crippen molar-refractivity contribution in [1.82, 2.24) is 0 Å². The zero-order valence-electron chi connectivity index (χ0n) is 67.0. The van der Waals surface area contributed by atoms with Crippen LogP contribution in [0.25, 0.3) is 0 Å². The summed E-state index contributed by atoms with van der Waals surface area (Å²) in [7, 11) is 0.0617. The van der Waals surface area contributed by atoms with E-state index >= 15 is 0 Å². The Hall–Kier alpha value is -6.65. The van der Waals surface area contributed by atoms with Gasteiger partial charge in [0.05, 0.1) is 0 Å². The molecular weight excluding hydrogens is 1440 g/mol. The summed E-state index contributed by atoms with van der Waals surface area (Å²) in [4.78, 5) is 0. The minimum atomic E-state index is 0. The Balaban J connectivity index is -0.000000269. The summed E-state index contributed by atoms with van der Waals surface area (Å²) in [6.45, 7) is 51.2. The molecule has 0 saturated heterocycles. The van der Waals surface area contributed by atoms with Gasteiger partial charge >= 0.3 is 0 Å². The Kier molecular flexibility index (Phi) is 83.7. The molecule has 2 N–H and O–H groups in total. The molecule has 0 spiro atoms. The predicted octanol–water partition coefficient (Wildman–Crippen LogP) is 29.8. The number of benzene rings is 10. The molecule has 10 aromatic rings. The summed E-state index contributed by atoms with van der Waals surface area (Å²) in [5.74, 6) is 6.71. The van der Waals surface area contributed by atoms with E-state index < -0.39 is 0 Å². The first kappa shape index (κ1) is 109. The quantitative estimate of drug-likeness (QED) is 0.0825. The second-order valence-corrected chi connectivity index (χ2v) is 19.2. The molecule has 11 heteroatoms. The van der Waals surface area contributed by atoms with Crippen molar-refractivity contribution in [2.24, 2.45) is 0 Å². The molecular formula is C91H128O7P2Y2. The van der Waals surface area contributed by atoms with Gasteiger partial charge in [0.2, 0.25) is 0 Å². The van der Waals surface area contributed by atoms with Crippen molar-refractivity contribution >= 4 is 22.2 Å². The molecule has 102 heavy (non-hydrogen) atoms. The number of hydrogen-bond acceptors (Lipinski definition) is 7. The van der Waals surface area contributed by atoms with Gasteiger partial charge in [0.15, 0.2) is 16.9 Å². The summed E-state index contributed by atoms with van der Waals surface area (Å²) in [6, 6.07) is 81.9. The summed E-state index contributed by atoms with van der Waals surface area (Å²) in [6.07, 6.45) is 4.18. The van der Waals surface area contributed by atoms with Crippen LogP contribution in [0.5, 0.6) is 46.0 Å². The first-order valence-electron chi connectivity index (χ1n) is 36.8. The fraction of sp³-hybridized carbons (Fsp3) is 0.319. The van der Waals surface area contributed by atoms with Gasteiger partial charge in [-0.1, -0.05) is 312 Å². The molecule has 550 valence electrons. The van der Waals surface area contributed by atoms with Crippen LogP contribution in [0.2, 0.25) is 0 Å². The van der Waals surface area contributed by atoms with Crippen LogP contribution in [0, 0.1) is 0 Å². The van der Waals surface area contributed by atoms with Gasteiger partial charge < -0.3 is 24.4 Å². The molecule has 0 heterocycles. The minimum absolute atomic E-state index is 0. The van der Waals surface area contributed by atoms with Crippen molar-refractivity contribution < 1.29 is 99.0 Å². The van der Waals surface area contributed by atoms with Crippen LogP contribution >= 0.6 is 16.9 Å². The molecule has 0 bridgehead atoms. The zero-order chi connectivity index (χ0) is 76.7. The van der Waals surface area contributed by atoms with E-state index in [1.54, 1.807) is 24.3 Å². The second kappa shape index (κ2) is 78.5. The van der Waals surface area contributed by atoms with Crippen LogP contribution in [0.3, 0.4) is 0 Å². The van der Waals surface area contributed by atoms with Crippen molar-refractivity contribution in [2.45, 2.75) is 198 Å². The SMILES string of the molecule is C=CP=O.CC.CC.CC.CC.CC.CC.CC.CC.CC.CC.CC.CC.O=Pc1ccc(Cc2ccc(Oc3ccc(Cc4ccc(Oc5ccc(Cc6ccc(O)cc6)cc5)cc4)cc3)cc2)cc1.Oc1ccc(Cc2ccc(Oc3ccc(Cc4ccccc4)cc3)cc2)cc1.[Y].[Y]. The van der Waals surface area contributed by atoms with E-state index in [1.807, 2.05) is 294 Å². The van der Waals surface area contributed by atoms with Gasteiger partial charge in [0, 0.05) is 70.7 Å². The molecule has 0 aliphatic rings. The van der Waals surface area contributed by atoms with E-state index in [1.165, 1.54) is 55.9 Å². The van der Waals surface area contributed by atoms with E-state index in [2.05, 4.69) is 104 Å².